The van der Waals surface area contributed by atoms with Crippen LogP contribution in [0.15, 0.2) is 24.3 Å². The summed E-state index contributed by atoms with van der Waals surface area (Å²) in [6.45, 7) is 0.716. The third kappa shape index (κ3) is 3.73. The van der Waals surface area contributed by atoms with E-state index < -0.39 is 21.6 Å². The number of halogens is 3. The zero-order valence-electron chi connectivity index (χ0n) is 10.8. The van der Waals surface area contributed by atoms with Crippen LogP contribution in [0, 0.1) is 0 Å². The number of rotatable bonds is 4. The Morgan fingerprint density at radius 2 is 1.85 bits per heavy atom. The highest BCUT2D eigenvalue weighted by molar-refractivity contribution is 7.92. The molecular formula is C13H16F3NO2S. The van der Waals surface area contributed by atoms with Crippen LogP contribution in [0.25, 0.3) is 0 Å². The highest BCUT2D eigenvalue weighted by atomic mass is 32.2. The van der Waals surface area contributed by atoms with Gasteiger partial charge in [0.2, 0.25) is 0 Å². The van der Waals surface area contributed by atoms with Gasteiger partial charge in [-0.25, -0.2) is 8.42 Å². The lowest BCUT2D eigenvalue weighted by atomic mass is 10.1. The first-order chi connectivity index (χ1) is 9.29. The predicted octanol–water partition coefficient (Wildman–Crippen LogP) is 2.37. The Morgan fingerprint density at radius 1 is 1.20 bits per heavy atom. The van der Waals surface area contributed by atoms with Gasteiger partial charge in [0.25, 0.3) is 0 Å². The summed E-state index contributed by atoms with van der Waals surface area (Å²) in [7, 11) is -2.98. The predicted molar refractivity (Wildman–Crippen MR) is 70.0 cm³/mol. The standard InChI is InChI=1S/C13H16F3NO2S/c14-13(15,16)11-5-3-10(4-6-11)8-17-9-12-2-1-7-20(12,18)19/h3-6,12,17H,1-2,7-9H2. The van der Waals surface area contributed by atoms with Crippen molar-refractivity contribution >= 4 is 9.84 Å². The van der Waals surface area contributed by atoms with Crippen LogP contribution < -0.4 is 5.32 Å². The third-order valence-corrected chi connectivity index (χ3v) is 5.72. The molecule has 0 bridgehead atoms. The van der Waals surface area contributed by atoms with Crippen molar-refractivity contribution in [2.45, 2.75) is 30.8 Å². The molecule has 2 rings (SSSR count). The number of benzene rings is 1. The molecule has 0 aromatic heterocycles. The van der Waals surface area contributed by atoms with E-state index in [4.69, 9.17) is 0 Å². The number of hydrogen-bond acceptors (Lipinski definition) is 3. The van der Waals surface area contributed by atoms with Crippen LogP contribution in [-0.2, 0) is 22.6 Å². The van der Waals surface area contributed by atoms with Gasteiger partial charge >= 0.3 is 6.18 Å². The van der Waals surface area contributed by atoms with Crippen molar-refractivity contribution in [3.05, 3.63) is 35.4 Å². The van der Waals surface area contributed by atoms with E-state index in [2.05, 4.69) is 5.32 Å². The Kier molecular flexibility index (Phi) is 4.39. The summed E-state index contributed by atoms with van der Waals surface area (Å²) in [6, 6.07) is 4.87. The average Bonchev–Trinajstić information content (AvgIpc) is 2.68. The Balaban J connectivity index is 1.86. The Hall–Kier alpha value is -1.08. The van der Waals surface area contributed by atoms with Gasteiger partial charge in [-0.3, -0.25) is 0 Å². The molecule has 1 atom stereocenters. The van der Waals surface area contributed by atoms with E-state index in [1.807, 2.05) is 0 Å². The van der Waals surface area contributed by atoms with Crippen molar-refractivity contribution in [3.63, 3.8) is 0 Å². The van der Waals surface area contributed by atoms with Gasteiger partial charge in [0.1, 0.15) is 0 Å². The molecule has 0 spiro atoms. The topological polar surface area (TPSA) is 46.2 Å². The van der Waals surface area contributed by atoms with Gasteiger partial charge in [0, 0.05) is 13.1 Å². The molecule has 1 aliphatic rings. The van der Waals surface area contributed by atoms with Crippen LogP contribution in [0.2, 0.25) is 0 Å². The lowest BCUT2D eigenvalue weighted by Crippen LogP contribution is -2.30. The Bertz CT molecular complexity index is 552. The van der Waals surface area contributed by atoms with E-state index in [1.165, 1.54) is 12.1 Å². The van der Waals surface area contributed by atoms with Crippen LogP contribution in [0.3, 0.4) is 0 Å². The van der Waals surface area contributed by atoms with Crippen molar-refractivity contribution in [2.75, 3.05) is 12.3 Å². The minimum absolute atomic E-state index is 0.236. The summed E-state index contributed by atoms with van der Waals surface area (Å²) in [5.74, 6) is 0.236. The van der Waals surface area contributed by atoms with Crippen LogP contribution in [0.5, 0.6) is 0 Å². The van der Waals surface area contributed by atoms with E-state index in [0.717, 1.165) is 12.1 Å². The van der Waals surface area contributed by atoms with Crippen molar-refractivity contribution in [2.24, 2.45) is 0 Å². The first-order valence-corrected chi connectivity index (χ1v) is 8.09. The second-order valence-corrected chi connectivity index (χ2v) is 7.36. The summed E-state index contributed by atoms with van der Waals surface area (Å²) in [4.78, 5) is 0. The van der Waals surface area contributed by atoms with Crippen molar-refractivity contribution in [1.82, 2.24) is 5.32 Å². The number of hydrogen-bond donors (Lipinski definition) is 1. The van der Waals surface area contributed by atoms with E-state index in [1.54, 1.807) is 0 Å². The quantitative estimate of drug-likeness (QED) is 0.929. The highest BCUT2D eigenvalue weighted by Crippen LogP contribution is 2.29. The maximum absolute atomic E-state index is 12.4. The summed E-state index contributed by atoms with van der Waals surface area (Å²) >= 11 is 0. The fourth-order valence-corrected chi connectivity index (χ4v) is 4.08. The number of alkyl halides is 3. The highest BCUT2D eigenvalue weighted by Gasteiger charge is 2.31. The molecule has 1 N–H and O–H groups in total. The maximum atomic E-state index is 12.4. The molecule has 7 heteroatoms. The minimum atomic E-state index is -4.33. The van der Waals surface area contributed by atoms with E-state index in [-0.39, 0.29) is 11.0 Å². The second kappa shape index (κ2) is 5.73. The van der Waals surface area contributed by atoms with Crippen LogP contribution in [0.4, 0.5) is 13.2 Å². The zero-order chi connectivity index (χ0) is 14.8. The molecule has 1 saturated heterocycles. The van der Waals surface area contributed by atoms with Crippen molar-refractivity contribution in [1.29, 1.82) is 0 Å². The SMILES string of the molecule is O=S1(=O)CCCC1CNCc1ccc(C(F)(F)F)cc1. The molecule has 0 aliphatic carbocycles. The molecule has 0 saturated carbocycles. The molecule has 1 aliphatic heterocycles. The molecule has 20 heavy (non-hydrogen) atoms. The van der Waals surface area contributed by atoms with Crippen LogP contribution in [0.1, 0.15) is 24.0 Å². The van der Waals surface area contributed by atoms with Crippen molar-refractivity contribution in [3.8, 4) is 0 Å². The molecule has 3 nitrogen and oxygen atoms in total. The average molecular weight is 307 g/mol. The van der Waals surface area contributed by atoms with Crippen molar-refractivity contribution < 1.29 is 21.6 Å². The Labute approximate surface area is 116 Å². The fraction of sp³-hybridized carbons (Fsp3) is 0.538. The molecule has 1 aromatic rings. The lowest BCUT2D eigenvalue weighted by molar-refractivity contribution is -0.137. The maximum Gasteiger partial charge on any atom is 0.416 e. The smallest absolute Gasteiger partial charge is 0.311 e. The molecule has 0 amide bonds. The molecule has 1 aromatic carbocycles. The molecule has 1 heterocycles. The molecule has 0 radical (unpaired) electrons. The first-order valence-electron chi connectivity index (χ1n) is 6.37. The number of nitrogens with one attached hydrogen (secondary N) is 1. The molecule has 1 fully saturated rings. The first kappa shape index (κ1) is 15.3. The summed E-state index contributed by atoms with van der Waals surface area (Å²) < 4.78 is 60.3. The zero-order valence-corrected chi connectivity index (χ0v) is 11.6. The minimum Gasteiger partial charge on any atom is -0.311 e. The summed E-state index contributed by atoms with van der Waals surface area (Å²) in [5, 5.41) is 2.63. The monoisotopic (exact) mass is 307 g/mol. The van der Waals surface area contributed by atoms with Gasteiger partial charge in [-0.2, -0.15) is 13.2 Å². The van der Waals surface area contributed by atoms with Gasteiger partial charge < -0.3 is 5.32 Å². The van der Waals surface area contributed by atoms with E-state index >= 15 is 0 Å². The Morgan fingerprint density at radius 3 is 2.35 bits per heavy atom. The summed E-state index contributed by atoms with van der Waals surface area (Å²) in [6.07, 6.45) is -2.98. The molecule has 112 valence electrons. The van der Waals surface area contributed by atoms with Gasteiger partial charge in [0.15, 0.2) is 9.84 Å². The van der Waals surface area contributed by atoms with E-state index in [9.17, 15) is 21.6 Å². The third-order valence-electron chi connectivity index (χ3n) is 3.45. The van der Waals surface area contributed by atoms with Gasteiger partial charge in [-0.15, -0.1) is 0 Å². The normalized spacial score (nSPS) is 22.1. The fourth-order valence-electron chi connectivity index (χ4n) is 2.28. The van der Waals surface area contributed by atoms with Gasteiger partial charge in [-0.1, -0.05) is 12.1 Å². The van der Waals surface area contributed by atoms with Crippen LogP contribution in [-0.4, -0.2) is 26.0 Å². The van der Waals surface area contributed by atoms with Crippen LogP contribution >= 0.6 is 0 Å². The largest absolute Gasteiger partial charge is 0.416 e. The summed E-state index contributed by atoms with van der Waals surface area (Å²) in [5.41, 5.74) is 0.0213. The molecular weight excluding hydrogens is 291 g/mol. The van der Waals surface area contributed by atoms with E-state index in [0.29, 0.717) is 31.5 Å². The van der Waals surface area contributed by atoms with Gasteiger partial charge in [-0.05, 0) is 30.5 Å². The van der Waals surface area contributed by atoms with Gasteiger partial charge in [0.05, 0.1) is 16.6 Å². The number of sulfone groups is 1. The lowest BCUT2D eigenvalue weighted by Gasteiger charge is -2.11. The second-order valence-electron chi connectivity index (χ2n) is 4.96. The molecule has 1 unspecified atom stereocenters.